The topological polar surface area (TPSA) is 70.7 Å². The van der Waals surface area contributed by atoms with Crippen molar-refractivity contribution in [3.63, 3.8) is 0 Å². The van der Waals surface area contributed by atoms with E-state index in [-0.39, 0.29) is 5.82 Å². The number of nitrogens with one attached hydrogen (secondary N) is 2. The Morgan fingerprint density at radius 2 is 2.10 bits per heavy atom. The number of para-hydroxylation sites is 1. The van der Waals surface area contributed by atoms with Crippen molar-refractivity contribution in [2.75, 3.05) is 11.1 Å². The number of nitrogens with zero attached hydrogens (tertiary/aromatic N) is 2. The third-order valence-corrected chi connectivity index (χ3v) is 3.30. The smallest absolute Gasteiger partial charge is 0.318 e. The van der Waals surface area contributed by atoms with Crippen LogP contribution in [0.15, 0.2) is 35.5 Å². The summed E-state index contributed by atoms with van der Waals surface area (Å²) in [5.41, 5.74) is 0.295. The number of hydrogen-bond donors (Lipinski definition) is 2. The molecule has 1 aromatic carbocycles. The molecule has 0 fully saturated rings. The molecule has 1 heterocycles. The number of halogens is 3. The number of aromatic amines is 1. The number of thioether (sulfide) groups is 1. The van der Waals surface area contributed by atoms with Crippen LogP contribution in [0.5, 0.6) is 0 Å². The van der Waals surface area contributed by atoms with Gasteiger partial charge in [0.2, 0.25) is 5.82 Å². The number of benzene rings is 1. The number of carbonyl (C=O) groups is 1. The Morgan fingerprint density at radius 3 is 2.75 bits per heavy atom. The number of amides is 1. The fourth-order valence-electron chi connectivity index (χ4n) is 1.35. The van der Waals surface area contributed by atoms with Crippen LogP contribution in [0, 0.1) is 0 Å². The molecule has 0 aliphatic rings. The van der Waals surface area contributed by atoms with Gasteiger partial charge in [0.1, 0.15) is 6.33 Å². The zero-order valence-corrected chi connectivity index (χ0v) is 10.8. The number of H-pyrrole nitrogens is 1. The van der Waals surface area contributed by atoms with Gasteiger partial charge in [-0.25, -0.2) is 4.98 Å². The molecule has 0 saturated heterocycles. The molecule has 106 valence electrons. The summed E-state index contributed by atoms with van der Waals surface area (Å²) in [4.78, 5) is 15.7. The molecular formula is C11H9F3N4OS. The molecule has 0 aliphatic heterocycles. The average Bonchev–Trinajstić information content (AvgIpc) is 2.90. The van der Waals surface area contributed by atoms with Crippen LogP contribution < -0.4 is 5.32 Å². The Labute approximate surface area is 116 Å². The predicted octanol–water partition coefficient (Wildman–Crippen LogP) is 2.71. The Kier molecular flexibility index (Phi) is 4.28. The second-order valence-corrected chi connectivity index (χ2v) is 4.71. The molecule has 0 saturated carbocycles. The van der Waals surface area contributed by atoms with Gasteiger partial charge in [-0.1, -0.05) is 12.1 Å². The first-order valence-corrected chi connectivity index (χ1v) is 6.39. The monoisotopic (exact) mass is 302 g/mol. The number of anilines is 1. The lowest BCUT2D eigenvalue weighted by Gasteiger charge is -2.11. The molecule has 2 aromatic rings. The van der Waals surface area contributed by atoms with Gasteiger partial charge in [0.25, 0.3) is 5.91 Å². The third kappa shape index (κ3) is 3.98. The molecule has 0 spiro atoms. The third-order valence-electron chi connectivity index (χ3n) is 2.16. The first-order chi connectivity index (χ1) is 9.46. The summed E-state index contributed by atoms with van der Waals surface area (Å²) in [6.45, 7) is 0. The van der Waals surface area contributed by atoms with Crippen LogP contribution in [0.4, 0.5) is 18.9 Å². The molecule has 20 heavy (non-hydrogen) atoms. The summed E-state index contributed by atoms with van der Waals surface area (Å²) >= 11 is 0.607. The van der Waals surface area contributed by atoms with Crippen LogP contribution in [0.2, 0.25) is 0 Å². The van der Waals surface area contributed by atoms with Gasteiger partial charge in [-0.3, -0.25) is 9.89 Å². The van der Waals surface area contributed by atoms with Crippen LogP contribution in [-0.2, 0) is 0 Å². The van der Waals surface area contributed by atoms with E-state index in [9.17, 15) is 18.0 Å². The van der Waals surface area contributed by atoms with Crippen molar-refractivity contribution in [3.8, 4) is 0 Å². The lowest BCUT2D eigenvalue weighted by Crippen LogP contribution is -2.15. The molecule has 2 rings (SSSR count). The highest BCUT2D eigenvalue weighted by Gasteiger charge is 2.27. The van der Waals surface area contributed by atoms with Crippen LogP contribution >= 0.6 is 11.8 Å². The van der Waals surface area contributed by atoms with Gasteiger partial charge in [-0.05, 0) is 12.1 Å². The molecule has 9 heteroatoms. The van der Waals surface area contributed by atoms with Gasteiger partial charge in [-0.15, -0.1) is 11.8 Å². The maximum absolute atomic E-state index is 12.2. The highest BCUT2D eigenvalue weighted by molar-refractivity contribution is 7.99. The average molecular weight is 302 g/mol. The fraction of sp³-hybridized carbons (Fsp3) is 0.182. The minimum atomic E-state index is -4.27. The zero-order valence-electron chi connectivity index (χ0n) is 9.94. The van der Waals surface area contributed by atoms with Crippen molar-refractivity contribution in [2.45, 2.75) is 11.1 Å². The van der Waals surface area contributed by atoms with Gasteiger partial charge < -0.3 is 5.32 Å². The fourth-order valence-corrected chi connectivity index (χ4v) is 2.12. The number of aromatic nitrogens is 3. The maximum Gasteiger partial charge on any atom is 0.398 e. The van der Waals surface area contributed by atoms with Crippen molar-refractivity contribution in [1.82, 2.24) is 15.2 Å². The standard InChI is InChI=1S/C11H9F3N4OS/c12-11(13,14)5-20-8-4-2-1-3-7(8)17-10(19)9-15-6-16-18-9/h1-4,6H,5H2,(H,17,19)(H,15,16,18). The second-order valence-electron chi connectivity index (χ2n) is 3.69. The van der Waals surface area contributed by atoms with Gasteiger partial charge >= 0.3 is 6.18 Å². The molecule has 5 nitrogen and oxygen atoms in total. The Hall–Kier alpha value is -2.03. The summed E-state index contributed by atoms with van der Waals surface area (Å²) in [6.07, 6.45) is -3.11. The maximum atomic E-state index is 12.2. The van der Waals surface area contributed by atoms with Crippen LogP contribution in [0.3, 0.4) is 0 Å². The highest BCUT2D eigenvalue weighted by atomic mass is 32.2. The number of alkyl halides is 3. The van der Waals surface area contributed by atoms with Crippen LogP contribution in [0.25, 0.3) is 0 Å². The predicted molar refractivity (Wildman–Crippen MR) is 67.6 cm³/mol. The second kappa shape index (κ2) is 5.95. The van der Waals surface area contributed by atoms with Crippen molar-refractivity contribution in [3.05, 3.63) is 36.4 Å². The van der Waals surface area contributed by atoms with E-state index >= 15 is 0 Å². The summed E-state index contributed by atoms with van der Waals surface area (Å²) in [6, 6.07) is 6.25. The molecule has 0 bridgehead atoms. The van der Waals surface area contributed by atoms with E-state index in [1.165, 1.54) is 18.5 Å². The van der Waals surface area contributed by atoms with Gasteiger partial charge in [-0.2, -0.15) is 18.3 Å². The van der Waals surface area contributed by atoms with E-state index < -0.39 is 17.8 Å². The van der Waals surface area contributed by atoms with Crippen molar-refractivity contribution < 1.29 is 18.0 Å². The van der Waals surface area contributed by atoms with E-state index in [1.54, 1.807) is 12.1 Å². The number of rotatable bonds is 4. The lowest BCUT2D eigenvalue weighted by atomic mass is 10.3. The van der Waals surface area contributed by atoms with Crippen LogP contribution in [-0.4, -0.2) is 33.0 Å². The van der Waals surface area contributed by atoms with Gasteiger partial charge in [0.15, 0.2) is 0 Å². The number of hydrogen-bond acceptors (Lipinski definition) is 4. The molecule has 1 aromatic heterocycles. The quantitative estimate of drug-likeness (QED) is 0.852. The Bertz CT molecular complexity index is 586. The van der Waals surface area contributed by atoms with E-state index in [0.717, 1.165) is 0 Å². The van der Waals surface area contributed by atoms with Crippen molar-refractivity contribution >= 4 is 23.4 Å². The lowest BCUT2D eigenvalue weighted by molar-refractivity contribution is -0.105. The summed E-state index contributed by atoms with van der Waals surface area (Å²) in [5, 5.41) is 8.39. The number of carbonyl (C=O) groups excluding carboxylic acids is 1. The molecule has 0 aliphatic carbocycles. The molecule has 0 atom stereocenters. The first kappa shape index (κ1) is 14.4. The zero-order chi connectivity index (χ0) is 14.6. The van der Waals surface area contributed by atoms with E-state index in [0.29, 0.717) is 22.3 Å². The summed E-state index contributed by atoms with van der Waals surface area (Å²) in [7, 11) is 0. The van der Waals surface area contributed by atoms with Crippen LogP contribution in [0.1, 0.15) is 10.6 Å². The molecule has 1 amide bonds. The van der Waals surface area contributed by atoms with E-state index in [2.05, 4.69) is 20.5 Å². The molecular weight excluding hydrogens is 293 g/mol. The van der Waals surface area contributed by atoms with Gasteiger partial charge in [0, 0.05) is 4.90 Å². The highest BCUT2D eigenvalue weighted by Crippen LogP contribution is 2.32. The van der Waals surface area contributed by atoms with Crippen molar-refractivity contribution in [1.29, 1.82) is 0 Å². The van der Waals surface area contributed by atoms with E-state index in [1.807, 2.05) is 0 Å². The normalized spacial score (nSPS) is 11.3. The molecule has 0 unspecified atom stereocenters. The minimum absolute atomic E-state index is 0.0133. The largest absolute Gasteiger partial charge is 0.398 e. The molecule has 0 radical (unpaired) electrons. The van der Waals surface area contributed by atoms with Crippen molar-refractivity contribution in [2.24, 2.45) is 0 Å². The first-order valence-electron chi connectivity index (χ1n) is 5.41. The van der Waals surface area contributed by atoms with E-state index in [4.69, 9.17) is 0 Å². The summed E-state index contributed by atoms with van der Waals surface area (Å²) < 4.78 is 36.7. The summed E-state index contributed by atoms with van der Waals surface area (Å²) in [5.74, 6) is -1.61. The molecule has 2 N–H and O–H groups in total. The minimum Gasteiger partial charge on any atom is -0.318 e. The Balaban J connectivity index is 2.10. The Morgan fingerprint density at radius 1 is 1.35 bits per heavy atom. The van der Waals surface area contributed by atoms with Gasteiger partial charge in [0.05, 0.1) is 11.4 Å². The SMILES string of the molecule is O=C(Nc1ccccc1SCC(F)(F)F)c1ncn[nH]1.